The van der Waals surface area contributed by atoms with Crippen molar-refractivity contribution in [1.82, 2.24) is 14.6 Å². The van der Waals surface area contributed by atoms with E-state index in [2.05, 4.69) is 14.8 Å². The summed E-state index contributed by atoms with van der Waals surface area (Å²) < 4.78 is 34.6. The number of hydrogen-bond donors (Lipinski definition) is 0. The van der Waals surface area contributed by atoms with Crippen LogP contribution in [0.5, 0.6) is 5.75 Å². The molecule has 0 aliphatic heterocycles. The first kappa shape index (κ1) is 17.0. The van der Waals surface area contributed by atoms with Crippen LogP contribution in [-0.4, -0.2) is 27.2 Å². The molecule has 2 heterocycles. The molecule has 7 nitrogen and oxygen atoms in total. The van der Waals surface area contributed by atoms with Gasteiger partial charge in [0.15, 0.2) is 5.01 Å². The molecule has 1 aromatic carbocycles. The number of benzene rings is 1. The van der Waals surface area contributed by atoms with Crippen molar-refractivity contribution in [2.45, 2.75) is 20.1 Å². The van der Waals surface area contributed by atoms with Crippen LogP contribution in [0.15, 0.2) is 35.1 Å². The topological polar surface area (TPSA) is 82.8 Å². The minimum absolute atomic E-state index is 0.0569. The van der Waals surface area contributed by atoms with Crippen LogP contribution in [-0.2, 0) is 11.3 Å². The Bertz CT molecular complexity index is 969. The first-order valence-corrected chi connectivity index (χ1v) is 7.82. The maximum atomic E-state index is 12.1. The molecular formula is C15H11F2N3O4S. The lowest BCUT2D eigenvalue weighted by Crippen LogP contribution is -2.14. The van der Waals surface area contributed by atoms with Crippen LogP contribution in [0.1, 0.15) is 21.1 Å². The molecule has 2 aromatic heterocycles. The van der Waals surface area contributed by atoms with Crippen molar-refractivity contribution in [2.75, 3.05) is 0 Å². The van der Waals surface area contributed by atoms with Gasteiger partial charge in [0.1, 0.15) is 12.4 Å². The standard InChI is InChI=1S/C15H11F2N3O4S/c1-8-6-12(21)20-15(18-8)25-11(19-20)7-23-13(22)9-2-4-10(5-3-9)24-14(16)17/h2-6,14H,7H2,1H3. The molecule has 0 aliphatic carbocycles. The number of carbonyl (C=O) groups is 1. The second-order valence-electron chi connectivity index (χ2n) is 4.90. The highest BCUT2D eigenvalue weighted by Gasteiger charge is 2.12. The van der Waals surface area contributed by atoms with E-state index in [9.17, 15) is 18.4 Å². The van der Waals surface area contributed by atoms with Crippen LogP contribution < -0.4 is 10.3 Å². The number of nitrogens with zero attached hydrogens (tertiary/aromatic N) is 3. The third-order valence-corrected chi connectivity index (χ3v) is 3.94. The SMILES string of the molecule is Cc1cc(=O)n2nc(COC(=O)c3ccc(OC(F)F)cc3)sc2n1. The highest BCUT2D eigenvalue weighted by atomic mass is 32.1. The molecule has 0 radical (unpaired) electrons. The normalized spacial score (nSPS) is 11.0. The zero-order valence-electron chi connectivity index (χ0n) is 12.8. The molecule has 0 aliphatic rings. The smallest absolute Gasteiger partial charge is 0.387 e. The van der Waals surface area contributed by atoms with E-state index < -0.39 is 12.6 Å². The van der Waals surface area contributed by atoms with Gasteiger partial charge in [0, 0.05) is 11.8 Å². The molecule has 0 spiro atoms. The number of hydrogen-bond acceptors (Lipinski definition) is 7. The molecule has 0 unspecified atom stereocenters. The molecule has 0 fully saturated rings. The van der Waals surface area contributed by atoms with E-state index >= 15 is 0 Å². The molecule has 0 N–H and O–H groups in total. The molecule has 0 saturated heterocycles. The molecule has 130 valence electrons. The number of alkyl halides is 2. The number of rotatable bonds is 5. The fraction of sp³-hybridized carbons (Fsp3) is 0.200. The zero-order chi connectivity index (χ0) is 18.0. The van der Waals surface area contributed by atoms with Crippen molar-refractivity contribution in [3.63, 3.8) is 0 Å². The Kier molecular flexibility index (Phi) is 4.70. The van der Waals surface area contributed by atoms with Gasteiger partial charge in [-0.05, 0) is 31.2 Å². The highest BCUT2D eigenvalue weighted by Crippen LogP contribution is 2.17. The first-order chi connectivity index (χ1) is 11.9. The van der Waals surface area contributed by atoms with Crippen molar-refractivity contribution in [3.05, 3.63) is 57.0 Å². The van der Waals surface area contributed by atoms with E-state index in [-0.39, 0.29) is 23.5 Å². The molecule has 3 aromatic rings. The molecular weight excluding hydrogens is 356 g/mol. The van der Waals surface area contributed by atoms with Gasteiger partial charge in [-0.2, -0.15) is 18.4 Å². The van der Waals surface area contributed by atoms with Gasteiger partial charge in [0.05, 0.1) is 5.56 Å². The fourth-order valence-corrected chi connectivity index (χ4v) is 2.86. The zero-order valence-corrected chi connectivity index (χ0v) is 13.6. The van der Waals surface area contributed by atoms with Crippen LogP contribution in [0.25, 0.3) is 4.96 Å². The molecule has 3 rings (SSSR count). The largest absolute Gasteiger partial charge is 0.455 e. The second-order valence-corrected chi connectivity index (χ2v) is 5.95. The van der Waals surface area contributed by atoms with Crippen molar-refractivity contribution in [1.29, 1.82) is 0 Å². The van der Waals surface area contributed by atoms with Gasteiger partial charge in [0.2, 0.25) is 4.96 Å². The lowest BCUT2D eigenvalue weighted by Gasteiger charge is -2.05. The molecule has 0 bridgehead atoms. The summed E-state index contributed by atoms with van der Waals surface area (Å²) in [6.07, 6.45) is 0. The van der Waals surface area contributed by atoms with E-state index in [1.165, 1.54) is 30.3 Å². The van der Waals surface area contributed by atoms with Crippen LogP contribution >= 0.6 is 11.3 Å². The van der Waals surface area contributed by atoms with Gasteiger partial charge in [-0.3, -0.25) is 4.79 Å². The summed E-state index contributed by atoms with van der Waals surface area (Å²) in [5.74, 6) is -0.710. The Morgan fingerprint density at radius 1 is 1.32 bits per heavy atom. The van der Waals surface area contributed by atoms with Crippen LogP contribution in [0, 0.1) is 6.92 Å². The fourth-order valence-electron chi connectivity index (χ4n) is 2.00. The van der Waals surface area contributed by atoms with Crippen molar-refractivity contribution in [2.24, 2.45) is 0 Å². The van der Waals surface area contributed by atoms with E-state index in [4.69, 9.17) is 4.74 Å². The van der Waals surface area contributed by atoms with E-state index in [0.717, 1.165) is 15.9 Å². The first-order valence-electron chi connectivity index (χ1n) is 7.01. The van der Waals surface area contributed by atoms with Crippen molar-refractivity contribution < 1.29 is 23.0 Å². The number of fused-ring (bicyclic) bond motifs is 1. The van der Waals surface area contributed by atoms with Crippen LogP contribution in [0.2, 0.25) is 0 Å². The van der Waals surface area contributed by atoms with Crippen LogP contribution in [0.3, 0.4) is 0 Å². The predicted octanol–water partition coefficient (Wildman–Crippen LogP) is 2.42. The second kappa shape index (κ2) is 6.93. The summed E-state index contributed by atoms with van der Waals surface area (Å²) in [4.78, 5) is 28.3. The minimum atomic E-state index is -2.93. The average molecular weight is 367 g/mol. The minimum Gasteiger partial charge on any atom is -0.455 e. The Morgan fingerprint density at radius 2 is 2.04 bits per heavy atom. The van der Waals surface area contributed by atoms with Gasteiger partial charge in [0.25, 0.3) is 5.56 Å². The number of carbonyl (C=O) groups excluding carboxylic acids is 1. The lowest BCUT2D eigenvalue weighted by molar-refractivity contribution is -0.0498. The van der Waals surface area contributed by atoms with E-state index in [0.29, 0.717) is 15.7 Å². The molecule has 0 atom stereocenters. The van der Waals surface area contributed by atoms with Crippen molar-refractivity contribution >= 4 is 22.3 Å². The van der Waals surface area contributed by atoms with E-state index in [1.54, 1.807) is 6.92 Å². The maximum absolute atomic E-state index is 12.1. The summed E-state index contributed by atoms with van der Waals surface area (Å²) in [7, 11) is 0. The van der Waals surface area contributed by atoms with Crippen molar-refractivity contribution in [3.8, 4) is 5.75 Å². The summed E-state index contributed by atoms with van der Waals surface area (Å²) >= 11 is 1.13. The number of halogens is 2. The van der Waals surface area contributed by atoms with Gasteiger partial charge < -0.3 is 9.47 Å². The number of esters is 1. The average Bonchev–Trinajstić information content (AvgIpc) is 2.96. The number of ether oxygens (including phenoxy) is 2. The third-order valence-electron chi connectivity index (χ3n) is 3.06. The van der Waals surface area contributed by atoms with E-state index in [1.807, 2.05) is 0 Å². The van der Waals surface area contributed by atoms with Crippen LogP contribution in [0.4, 0.5) is 8.78 Å². The molecule has 0 amide bonds. The van der Waals surface area contributed by atoms with Gasteiger partial charge in [-0.15, -0.1) is 0 Å². The predicted molar refractivity (Wildman–Crippen MR) is 84.1 cm³/mol. The monoisotopic (exact) mass is 367 g/mol. The Balaban J connectivity index is 1.68. The van der Waals surface area contributed by atoms with Gasteiger partial charge >= 0.3 is 12.6 Å². The Labute approximate surface area is 143 Å². The molecule has 0 saturated carbocycles. The Morgan fingerprint density at radius 3 is 2.72 bits per heavy atom. The molecule has 25 heavy (non-hydrogen) atoms. The highest BCUT2D eigenvalue weighted by molar-refractivity contribution is 7.16. The summed E-state index contributed by atoms with van der Waals surface area (Å²) in [6, 6.07) is 6.46. The maximum Gasteiger partial charge on any atom is 0.387 e. The molecule has 10 heteroatoms. The van der Waals surface area contributed by atoms with Gasteiger partial charge in [-0.25, -0.2) is 9.78 Å². The third kappa shape index (κ3) is 3.97. The van der Waals surface area contributed by atoms with Gasteiger partial charge in [-0.1, -0.05) is 11.3 Å². The summed E-state index contributed by atoms with van der Waals surface area (Å²) in [6.45, 7) is -1.37. The Hall–Kier alpha value is -2.88. The number of aryl methyl sites for hydroxylation is 1. The number of aromatic nitrogens is 3. The summed E-state index contributed by atoms with van der Waals surface area (Å²) in [5, 5.41) is 4.45. The summed E-state index contributed by atoms with van der Waals surface area (Å²) in [5.41, 5.74) is 0.433. The lowest BCUT2D eigenvalue weighted by atomic mass is 10.2. The quantitative estimate of drug-likeness (QED) is 0.644.